The molecule has 0 saturated heterocycles. The van der Waals surface area contributed by atoms with Gasteiger partial charge >= 0.3 is 0 Å². The maximum atomic E-state index is 5.96. The highest BCUT2D eigenvalue weighted by atomic mass is 14.9. The van der Waals surface area contributed by atoms with Crippen LogP contribution >= 0.6 is 0 Å². The molecule has 2 atom stereocenters. The van der Waals surface area contributed by atoms with Gasteiger partial charge in [-0.15, -0.1) is 0 Å². The molecule has 1 aliphatic carbocycles. The summed E-state index contributed by atoms with van der Waals surface area (Å²) in [5, 5.41) is 0. The molecule has 0 amide bonds. The molecule has 0 radical (unpaired) electrons. The molecule has 3 nitrogen and oxygen atoms in total. The predicted molar refractivity (Wildman–Crippen MR) is 70.1 cm³/mol. The Hall–Kier alpha value is -1.35. The van der Waals surface area contributed by atoms with Crippen LogP contribution in [0.4, 0.5) is 0 Å². The number of H-pyrrole nitrogens is 1. The van der Waals surface area contributed by atoms with Crippen LogP contribution in [0, 0.1) is 13.8 Å². The van der Waals surface area contributed by atoms with Gasteiger partial charge in [0.2, 0.25) is 0 Å². The van der Waals surface area contributed by atoms with Crippen molar-refractivity contribution in [2.75, 3.05) is 0 Å². The zero-order chi connectivity index (χ0) is 12.0. The second-order valence-electron chi connectivity index (χ2n) is 5.35. The van der Waals surface area contributed by atoms with Crippen LogP contribution in [0.15, 0.2) is 12.1 Å². The SMILES string of the molecule is Cc1cc2nc([C@@H]3CC[C@H](N)C3)[nH]c2cc1C. The third-order valence-corrected chi connectivity index (χ3v) is 3.98. The smallest absolute Gasteiger partial charge is 0.110 e. The number of rotatable bonds is 1. The van der Waals surface area contributed by atoms with Crippen molar-refractivity contribution in [3.63, 3.8) is 0 Å². The quantitative estimate of drug-likeness (QED) is 0.790. The fourth-order valence-corrected chi connectivity index (χ4v) is 2.75. The molecule has 0 unspecified atom stereocenters. The standard InChI is InChI=1S/C14H19N3/c1-8-5-12-13(6-9(8)2)17-14(16-12)10-3-4-11(15)7-10/h5-6,10-11H,3-4,7,15H2,1-2H3,(H,16,17)/t10-,11+/m1/s1. The summed E-state index contributed by atoms with van der Waals surface area (Å²) >= 11 is 0. The summed E-state index contributed by atoms with van der Waals surface area (Å²) in [7, 11) is 0. The number of benzene rings is 1. The van der Waals surface area contributed by atoms with Gasteiger partial charge in [-0.05, 0) is 56.4 Å². The van der Waals surface area contributed by atoms with Crippen molar-refractivity contribution in [1.29, 1.82) is 0 Å². The van der Waals surface area contributed by atoms with Gasteiger partial charge in [-0.25, -0.2) is 4.98 Å². The first kappa shape index (κ1) is 10.8. The number of aryl methyl sites for hydroxylation is 2. The lowest BCUT2D eigenvalue weighted by Gasteiger charge is -2.04. The van der Waals surface area contributed by atoms with E-state index in [2.05, 4.69) is 31.0 Å². The van der Waals surface area contributed by atoms with Gasteiger partial charge in [0.15, 0.2) is 0 Å². The van der Waals surface area contributed by atoms with Gasteiger partial charge in [-0.2, -0.15) is 0 Å². The van der Waals surface area contributed by atoms with Crippen molar-refractivity contribution < 1.29 is 0 Å². The Balaban J connectivity index is 2.02. The maximum Gasteiger partial charge on any atom is 0.110 e. The number of nitrogens with one attached hydrogen (secondary N) is 1. The first-order valence-electron chi connectivity index (χ1n) is 6.36. The minimum Gasteiger partial charge on any atom is -0.342 e. The van der Waals surface area contributed by atoms with Crippen LogP contribution in [0.3, 0.4) is 0 Å². The lowest BCUT2D eigenvalue weighted by Crippen LogP contribution is -2.14. The summed E-state index contributed by atoms with van der Waals surface area (Å²) in [4.78, 5) is 8.18. The van der Waals surface area contributed by atoms with Crippen LogP contribution in [0.25, 0.3) is 11.0 Å². The first-order chi connectivity index (χ1) is 8.13. The van der Waals surface area contributed by atoms with Gasteiger partial charge in [-0.1, -0.05) is 0 Å². The molecule has 1 saturated carbocycles. The van der Waals surface area contributed by atoms with Gasteiger partial charge in [0, 0.05) is 12.0 Å². The Morgan fingerprint density at radius 1 is 1.24 bits per heavy atom. The van der Waals surface area contributed by atoms with Crippen molar-refractivity contribution in [1.82, 2.24) is 9.97 Å². The van der Waals surface area contributed by atoms with Crippen molar-refractivity contribution >= 4 is 11.0 Å². The number of nitrogens with two attached hydrogens (primary N) is 1. The molecule has 2 aromatic rings. The van der Waals surface area contributed by atoms with E-state index in [0.29, 0.717) is 12.0 Å². The molecule has 90 valence electrons. The molecule has 17 heavy (non-hydrogen) atoms. The highest BCUT2D eigenvalue weighted by Crippen LogP contribution is 2.33. The topological polar surface area (TPSA) is 54.7 Å². The lowest BCUT2D eigenvalue weighted by atomic mass is 10.1. The number of aromatic nitrogens is 2. The number of hydrogen-bond acceptors (Lipinski definition) is 2. The van der Waals surface area contributed by atoms with Crippen LogP contribution in [-0.4, -0.2) is 16.0 Å². The zero-order valence-corrected chi connectivity index (χ0v) is 10.5. The average molecular weight is 229 g/mol. The van der Waals surface area contributed by atoms with E-state index in [4.69, 9.17) is 10.7 Å². The molecule has 1 aromatic carbocycles. The van der Waals surface area contributed by atoms with Crippen LogP contribution in [0.5, 0.6) is 0 Å². The summed E-state index contributed by atoms with van der Waals surface area (Å²) in [6.45, 7) is 4.27. The van der Waals surface area contributed by atoms with Crippen LogP contribution < -0.4 is 5.73 Å². The first-order valence-corrected chi connectivity index (χ1v) is 6.36. The summed E-state index contributed by atoms with van der Waals surface area (Å²) in [6, 6.07) is 4.71. The Kier molecular flexibility index (Phi) is 2.44. The molecular weight excluding hydrogens is 210 g/mol. The van der Waals surface area contributed by atoms with E-state index in [-0.39, 0.29) is 0 Å². The Bertz CT molecular complexity index is 517. The third-order valence-electron chi connectivity index (χ3n) is 3.98. The molecule has 1 aromatic heterocycles. The summed E-state index contributed by atoms with van der Waals surface area (Å²) < 4.78 is 0. The zero-order valence-electron chi connectivity index (χ0n) is 10.5. The summed E-state index contributed by atoms with van der Waals surface area (Å²) in [6.07, 6.45) is 3.36. The summed E-state index contributed by atoms with van der Waals surface area (Å²) in [5.74, 6) is 1.65. The van der Waals surface area contributed by atoms with Crippen LogP contribution in [-0.2, 0) is 0 Å². The van der Waals surface area contributed by atoms with Gasteiger partial charge in [0.05, 0.1) is 11.0 Å². The minimum absolute atomic E-state index is 0.358. The fourth-order valence-electron chi connectivity index (χ4n) is 2.75. The van der Waals surface area contributed by atoms with Gasteiger partial charge in [-0.3, -0.25) is 0 Å². The molecule has 1 fully saturated rings. The van der Waals surface area contributed by atoms with E-state index in [1.165, 1.54) is 17.5 Å². The van der Waals surface area contributed by atoms with E-state index < -0.39 is 0 Å². The van der Waals surface area contributed by atoms with Gasteiger partial charge in [0.1, 0.15) is 5.82 Å². The second kappa shape index (κ2) is 3.84. The van der Waals surface area contributed by atoms with E-state index in [1.807, 2.05) is 0 Å². The minimum atomic E-state index is 0.358. The number of hydrogen-bond donors (Lipinski definition) is 2. The van der Waals surface area contributed by atoms with Crippen LogP contribution in [0.2, 0.25) is 0 Å². The molecule has 1 heterocycles. The molecule has 3 rings (SSSR count). The van der Waals surface area contributed by atoms with E-state index in [1.54, 1.807) is 0 Å². The molecule has 3 N–H and O–H groups in total. The molecule has 0 spiro atoms. The van der Waals surface area contributed by atoms with Crippen molar-refractivity contribution in [3.05, 3.63) is 29.1 Å². The Labute approximate surface area is 101 Å². The van der Waals surface area contributed by atoms with Crippen molar-refractivity contribution in [2.24, 2.45) is 5.73 Å². The number of nitrogens with zero attached hydrogens (tertiary/aromatic N) is 1. The largest absolute Gasteiger partial charge is 0.342 e. The third kappa shape index (κ3) is 1.84. The normalized spacial score (nSPS) is 24.6. The molecule has 3 heteroatoms. The van der Waals surface area contributed by atoms with E-state index in [0.717, 1.165) is 29.7 Å². The monoisotopic (exact) mass is 229 g/mol. The fraction of sp³-hybridized carbons (Fsp3) is 0.500. The van der Waals surface area contributed by atoms with E-state index in [9.17, 15) is 0 Å². The summed E-state index contributed by atoms with van der Waals surface area (Å²) in [5.41, 5.74) is 10.8. The van der Waals surface area contributed by atoms with Gasteiger partial charge in [0.25, 0.3) is 0 Å². The highest BCUT2D eigenvalue weighted by molar-refractivity contribution is 5.77. The molecule has 0 bridgehead atoms. The average Bonchev–Trinajstić information content (AvgIpc) is 2.85. The number of fused-ring (bicyclic) bond motifs is 1. The van der Waals surface area contributed by atoms with Crippen LogP contribution in [0.1, 0.15) is 42.1 Å². The molecule has 0 aliphatic heterocycles. The number of aromatic amines is 1. The Morgan fingerprint density at radius 3 is 2.71 bits per heavy atom. The van der Waals surface area contributed by atoms with Crippen molar-refractivity contribution in [2.45, 2.75) is 45.1 Å². The molecular formula is C14H19N3. The lowest BCUT2D eigenvalue weighted by molar-refractivity contribution is 0.651. The molecule has 1 aliphatic rings. The van der Waals surface area contributed by atoms with E-state index >= 15 is 0 Å². The van der Waals surface area contributed by atoms with Crippen molar-refractivity contribution in [3.8, 4) is 0 Å². The Morgan fingerprint density at radius 2 is 2.00 bits per heavy atom. The van der Waals surface area contributed by atoms with Gasteiger partial charge < -0.3 is 10.7 Å². The maximum absolute atomic E-state index is 5.96. The number of imidazole rings is 1. The highest BCUT2D eigenvalue weighted by Gasteiger charge is 2.25. The predicted octanol–water partition coefficient (Wildman–Crippen LogP) is 2.77. The second-order valence-corrected chi connectivity index (χ2v) is 5.35.